The van der Waals surface area contributed by atoms with Gasteiger partial charge in [0.1, 0.15) is 23.0 Å². The van der Waals surface area contributed by atoms with Crippen molar-refractivity contribution >= 4 is 46.8 Å². The number of carbonyl (C=O) groups excluding carboxylic acids is 4. The number of anilines is 4. The van der Waals surface area contributed by atoms with E-state index in [0.717, 1.165) is 64.0 Å². The van der Waals surface area contributed by atoms with E-state index in [-0.39, 0.29) is 41.8 Å². The number of rotatable bonds is 14. The number of aromatic nitrogens is 2. The first-order valence-electron chi connectivity index (χ1n) is 18.7. The molecule has 5 rings (SSSR count). The van der Waals surface area contributed by atoms with Gasteiger partial charge in [0.05, 0.1) is 26.1 Å². The molecule has 14 nitrogen and oxygen atoms in total. The predicted molar refractivity (Wildman–Crippen MR) is 200 cm³/mol. The average Bonchev–Trinajstić information content (AvgIpc) is 3.68. The molecular weight excluding hydrogens is 664 g/mol. The highest BCUT2D eigenvalue weighted by atomic mass is 16.5. The summed E-state index contributed by atoms with van der Waals surface area (Å²) in [6, 6.07) is 5.31. The van der Waals surface area contributed by atoms with Crippen LogP contribution in [0.3, 0.4) is 0 Å². The van der Waals surface area contributed by atoms with Crippen molar-refractivity contribution in [3.8, 4) is 5.75 Å². The molecule has 3 amide bonds. The third-order valence-electron chi connectivity index (χ3n) is 11.1. The van der Waals surface area contributed by atoms with Gasteiger partial charge in [0.25, 0.3) is 5.91 Å². The van der Waals surface area contributed by atoms with E-state index in [1.807, 2.05) is 20.8 Å². The van der Waals surface area contributed by atoms with E-state index in [1.165, 1.54) is 7.11 Å². The summed E-state index contributed by atoms with van der Waals surface area (Å²) >= 11 is 0. The molecule has 1 saturated heterocycles. The van der Waals surface area contributed by atoms with Crippen molar-refractivity contribution in [2.45, 2.75) is 109 Å². The van der Waals surface area contributed by atoms with E-state index in [1.54, 1.807) is 50.4 Å². The number of nitrogens with one attached hydrogen (secondary N) is 3. The number of piperidine rings is 1. The maximum atomic E-state index is 13.3. The summed E-state index contributed by atoms with van der Waals surface area (Å²) in [5.74, 6) is 0.799. The second kappa shape index (κ2) is 16.9. The number of methoxy groups -OCH3 is 2. The molecule has 0 spiro atoms. The highest BCUT2D eigenvalue weighted by Crippen LogP contribution is 2.40. The number of hydrogen-bond donors (Lipinski definition) is 3. The quantitative estimate of drug-likeness (QED) is 0.238. The minimum Gasteiger partial charge on any atom is -0.495 e. The molecule has 14 heteroatoms. The number of benzene rings is 1. The number of hydrogen-bond acceptors (Lipinski definition) is 11. The molecule has 0 bridgehead atoms. The molecule has 3 heterocycles. The van der Waals surface area contributed by atoms with Gasteiger partial charge in [-0.05, 0) is 76.1 Å². The molecule has 0 unspecified atom stereocenters. The molecule has 2 aliphatic heterocycles. The molecule has 2 atom stereocenters. The Bertz CT molecular complexity index is 1610. The molecule has 284 valence electrons. The fraction of sp³-hybridized carbons (Fsp3) is 0.632. The van der Waals surface area contributed by atoms with Gasteiger partial charge in [-0.1, -0.05) is 33.6 Å². The van der Waals surface area contributed by atoms with Crippen molar-refractivity contribution in [1.82, 2.24) is 25.5 Å². The fourth-order valence-electron chi connectivity index (χ4n) is 7.53. The van der Waals surface area contributed by atoms with Crippen LogP contribution in [0.2, 0.25) is 0 Å². The molecular formula is C38H56N8O6. The van der Waals surface area contributed by atoms with Gasteiger partial charge in [0, 0.05) is 44.2 Å². The molecule has 52 heavy (non-hydrogen) atoms. The summed E-state index contributed by atoms with van der Waals surface area (Å²) in [7, 11) is 4.67. The minimum absolute atomic E-state index is 0.0336. The van der Waals surface area contributed by atoms with Crippen LogP contribution in [0.25, 0.3) is 0 Å². The minimum atomic E-state index is -1.06. The lowest BCUT2D eigenvalue weighted by Gasteiger charge is -2.43. The number of ether oxygens (including phenoxy) is 2. The molecule has 3 N–H and O–H groups in total. The fourth-order valence-corrected chi connectivity index (χ4v) is 7.53. The van der Waals surface area contributed by atoms with Gasteiger partial charge in [-0.25, -0.2) is 9.78 Å². The first-order chi connectivity index (χ1) is 24.9. The van der Waals surface area contributed by atoms with Crippen LogP contribution in [0.15, 0.2) is 24.4 Å². The highest BCUT2D eigenvalue weighted by molar-refractivity contribution is 6.04. The first-order valence-corrected chi connectivity index (χ1v) is 18.7. The molecule has 1 aromatic heterocycles. The maximum Gasteiger partial charge on any atom is 0.331 e. The van der Waals surface area contributed by atoms with E-state index in [9.17, 15) is 19.2 Å². The van der Waals surface area contributed by atoms with E-state index < -0.39 is 11.5 Å². The van der Waals surface area contributed by atoms with Crippen molar-refractivity contribution in [3.63, 3.8) is 0 Å². The van der Waals surface area contributed by atoms with Gasteiger partial charge in [-0.3, -0.25) is 14.4 Å². The van der Waals surface area contributed by atoms with Crippen molar-refractivity contribution in [2.75, 3.05) is 56.0 Å². The van der Waals surface area contributed by atoms with Crippen LogP contribution in [-0.2, 0) is 19.1 Å². The van der Waals surface area contributed by atoms with Crippen molar-refractivity contribution in [2.24, 2.45) is 5.92 Å². The maximum absolute atomic E-state index is 13.3. The summed E-state index contributed by atoms with van der Waals surface area (Å²) in [6.45, 7) is 9.88. The van der Waals surface area contributed by atoms with Crippen LogP contribution in [0.4, 0.5) is 23.1 Å². The smallest absolute Gasteiger partial charge is 0.331 e. The second-order valence-corrected chi connectivity index (χ2v) is 14.7. The number of likely N-dealkylation sites (tertiary alicyclic amines) is 1. The van der Waals surface area contributed by atoms with Gasteiger partial charge in [0.2, 0.25) is 17.8 Å². The summed E-state index contributed by atoms with van der Waals surface area (Å²) < 4.78 is 10.6. The zero-order valence-electron chi connectivity index (χ0n) is 31.8. The van der Waals surface area contributed by atoms with Crippen LogP contribution in [0, 0.1) is 5.92 Å². The average molecular weight is 721 g/mol. The Morgan fingerprint density at radius 2 is 1.79 bits per heavy atom. The standard InChI is InChI=1S/C38H56N8O6/c1-8-29-35(49)44(5)30-23-39-37(42-33(30)46(29)27-12-9-10-13-27)41-28-16-15-25(22-31(28)51-6)34(48)40-26-17-20-45(21-18-26)19-11-14-32(47)43-38(4,24(2)3)36(50)52-7/h15-16,22-24,26-27,29H,8-14,17-21H2,1-7H3,(H,40,48)(H,43,47)(H,39,41,42)/t29-,38-/m1/s1. The van der Waals surface area contributed by atoms with Crippen LogP contribution >= 0.6 is 0 Å². The molecule has 1 aliphatic carbocycles. The SMILES string of the molecule is CC[C@@H]1C(=O)N(C)c2cnc(Nc3ccc(C(=O)NC4CCN(CCCC(=O)N[C@@](C)(C(=O)OC)C(C)C)CC4)cc3OC)nc2N1C1CCCC1. The summed E-state index contributed by atoms with van der Waals surface area (Å²) in [6.07, 6.45) is 9.35. The number of esters is 1. The van der Waals surface area contributed by atoms with Gasteiger partial charge in [-0.15, -0.1) is 0 Å². The van der Waals surface area contributed by atoms with E-state index in [4.69, 9.17) is 14.5 Å². The van der Waals surface area contributed by atoms with Gasteiger partial charge in [0.15, 0.2) is 5.82 Å². The van der Waals surface area contributed by atoms with Crippen LogP contribution in [0.5, 0.6) is 5.75 Å². The lowest BCUT2D eigenvalue weighted by Crippen LogP contribution is -2.56. The predicted octanol–water partition coefficient (Wildman–Crippen LogP) is 4.41. The van der Waals surface area contributed by atoms with Gasteiger partial charge < -0.3 is 40.1 Å². The monoisotopic (exact) mass is 720 g/mol. The number of amides is 3. The second-order valence-electron chi connectivity index (χ2n) is 14.7. The molecule has 0 radical (unpaired) electrons. The Labute approximate surface area is 307 Å². The molecule has 1 aromatic carbocycles. The van der Waals surface area contributed by atoms with Crippen molar-refractivity contribution in [3.05, 3.63) is 30.0 Å². The summed E-state index contributed by atoms with van der Waals surface area (Å²) in [5, 5.41) is 9.32. The van der Waals surface area contributed by atoms with Gasteiger partial charge in [-0.2, -0.15) is 4.98 Å². The van der Waals surface area contributed by atoms with Gasteiger partial charge >= 0.3 is 5.97 Å². The lowest BCUT2D eigenvalue weighted by molar-refractivity contribution is -0.152. The molecule has 2 fully saturated rings. The Hall–Kier alpha value is -4.46. The summed E-state index contributed by atoms with van der Waals surface area (Å²) in [4.78, 5) is 67.1. The highest BCUT2D eigenvalue weighted by Gasteiger charge is 2.42. The zero-order chi connectivity index (χ0) is 37.6. The Kier molecular flexibility index (Phi) is 12.6. The third-order valence-corrected chi connectivity index (χ3v) is 11.1. The van der Waals surface area contributed by atoms with Crippen LogP contribution in [-0.4, -0.2) is 103 Å². The Balaban J connectivity index is 1.14. The number of nitrogens with zero attached hydrogens (tertiary/aromatic N) is 5. The largest absolute Gasteiger partial charge is 0.495 e. The Morgan fingerprint density at radius 1 is 1.08 bits per heavy atom. The number of carbonyl (C=O) groups is 4. The van der Waals surface area contributed by atoms with Crippen LogP contribution < -0.4 is 30.5 Å². The number of fused-ring (bicyclic) bond motifs is 1. The topological polar surface area (TPSA) is 158 Å². The van der Waals surface area contributed by atoms with Crippen molar-refractivity contribution in [1.29, 1.82) is 0 Å². The van der Waals surface area contributed by atoms with E-state index >= 15 is 0 Å². The van der Waals surface area contributed by atoms with Crippen molar-refractivity contribution < 1.29 is 28.7 Å². The van der Waals surface area contributed by atoms with E-state index in [0.29, 0.717) is 47.9 Å². The Morgan fingerprint density at radius 3 is 2.42 bits per heavy atom. The molecule has 2 aromatic rings. The first kappa shape index (κ1) is 38.8. The third kappa shape index (κ3) is 8.43. The van der Waals surface area contributed by atoms with Crippen LogP contribution in [0.1, 0.15) is 95.8 Å². The number of likely N-dealkylation sites (N-methyl/N-ethyl adjacent to an activating group) is 1. The molecule has 3 aliphatic rings. The zero-order valence-corrected chi connectivity index (χ0v) is 31.8. The summed E-state index contributed by atoms with van der Waals surface area (Å²) in [5.41, 5.74) is 0.752. The van der Waals surface area contributed by atoms with E-state index in [2.05, 4.69) is 30.7 Å². The normalized spacial score (nSPS) is 19.6. The molecule has 1 saturated carbocycles. The lowest BCUT2D eigenvalue weighted by atomic mass is 9.88.